The Balaban J connectivity index is 2.05. The molecular weight excluding hydrogens is 202 g/mol. The van der Waals surface area contributed by atoms with Crippen molar-refractivity contribution in [2.24, 2.45) is 0 Å². The molecule has 0 aliphatic carbocycles. The SMILES string of the molecule is Cc1cc(C)nc(NC(=O)[C@H]2CCCN2)c1. The van der Waals surface area contributed by atoms with E-state index >= 15 is 0 Å². The van der Waals surface area contributed by atoms with E-state index in [0.717, 1.165) is 30.6 Å². The van der Waals surface area contributed by atoms with Crippen molar-refractivity contribution in [3.8, 4) is 0 Å². The Kier molecular flexibility index (Phi) is 3.19. The Hall–Kier alpha value is -1.42. The van der Waals surface area contributed by atoms with Crippen LogP contribution in [0.2, 0.25) is 0 Å². The number of amides is 1. The maximum absolute atomic E-state index is 11.8. The molecular formula is C12H17N3O. The summed E-state index contributed by atoms with van der Waals surface area (Å²) >= 11 is 0. The number of anilines is 1. The highest BCUT2D eigenvalue weighted by molar-refractivity contribution is 5.94. The summed E-state index contributed by atoms with van der Waals surface area (Å²) in [5.41, 5.74) is 2.04. The van der Waals surface area contributed by atoms with Crippen LogP contribution in [-0.4, -0.2) is 23.5 Å². The van der Waals surface area contributed by atoms with Crippen LogP contribution in [0.15, 0.2) is 12.1 Å². The van der Waals surface area contributed by atoms with Crippen LogP contribution in [-0.2, 0) is 4.79 Å². The zero-order valence-corrected chi connectivity index (χ0v) is 9.71. The normalized spacial score (nSPS) is 19.8. The van der Waals surface area contributed by atoms with E-state index in [1.807, 2.05) is 26.0 Å². The predicted octanol–water partition coefficient (Wildman–Crippen LogP) is 1.39. The Morgan fingerprint density at radius 3 is 2.94 bits per heavy atom. The maximum atomic E-state index is 11.8. The van der Waals surface area contributed by atoms with Crippen molar-refractivity contribution in [2.75, 3.05) is 11.9 Å². The maximum Gasteiger partial charge on any atom is 0.242 e. The number of hydrogen-bond acceptors (Lipinski definition) is 3. The zero-order chi connectivity index (χ0) is 11.5. The topological polar surface area (TPSA) is 54.0 Å². The molecule has 1 atom stereocenters. The van der Waals surface area contributed by atoms with Crippen molar-refractivity contribution in [1.29, 1.82) is 0 Å². The van der Waals surface area contributed by atoms with Crippen LogP contribution in [0, 0.1) is 13.8 Å². The van der Waals surface area contributed by atoms with Crippen LogP contribution in [0.4, 0.5) is 5.82 Å². The van der Waals surface area contributed by atoms with Gasteiger partial charge in [0.25, 0.3) is 0 Å². The molecule has 0 bridgehead atoms. The van der Waals surface area contributed by atoms with E-state index in [1.165, 1.54) is 0 Å². The van der Waals surface area contributed by atoms with Crippen molar-refractivity contribution in [1.82, 2.24) is 10.3 Å². The third kappa shape index (κ3) is 2.58. The van der Waals surface area contributed by atoms with Crippen molar-refractivity contribution >= 4 is 11.7 Å². The highest BCUT2D eigenvalue weighted by atomic mass is 16.2. The third-order valence-corrected chi connectivity index (χ3v) is 2.73. The number of pyridine rings is 1. The summed E-state index contributed by atoms with van der Waals surface area (Å²) in [5.74, 6) is 0.672. The summed E-state index contributed by atoms with van der Waals surface area (Å²) in [7, 11) is 0. The minimum atomic E-state index is -0.0531. The van der Waals surface area contributed by atoms with Gasteiger partial charge in [0.2, 0.25) is 5.91 Å². The number of nitrogens with zero attached hydrogens (tertiary/aromatic N) is 1. The number of aryl methyl sites for hydroxylation is 2. The van der Waals surface area contributed by atoms with Crippen molar-refractivity contribution < 1.29 is 4.79 Å². The third-order valence-electron chi connectivity index (χ3n) is 2.73. The molecule has 2 heterocycles. The lowest BCUT2D eigenvalue weighted by atomic mass is 10.2. The van der Waals surface area contributed by atoms with Gasteiger partial charge in [0, 0.05) is 5.69 Å². The molecule has 1 aromatic heterocycles. The molecule has 0 unspecified atom stereocenters. The quantitative estimate of drug-likeness (QED) is 0.790. The lowest BCUT2D eigenvalue weighted by Gasteiger charge is -2.11. The Morgan fingerprint density at radius 2 is 2.31 bits per heavy atom. The van der Waals surface area contributed by atoms with E-state index < -0.39 is 0 Å². The molecule has 2 rings (SSSR count). The van der Waals surface area contributed by atoms with Gasteiger partial charge in [-0.05, 0) is 50.9 Å². The van der Waals surface area contributed by atoms with Gasteiger partial charge in [-0.3, -0.25) is 4.79 Å². The second-order valence-corrected chi connectivity index (χ2v) is 4.31. The van der Waals surface area contributed by atoms with Gasteiger partial charge in [0.05, 0.1) is 6.04 Å². The monoisotopic (exact) mass is 219 g/mol. The van der Waals surface area contributed by atoms with E-state index in [0.29, 0.717) is 5.82 Å². The summed E-state index contributed by atoms with van der Waals surface area (Å²) in [6.07, 6.45) is 1.98. The lowest BCUT2D eigenvalue weighted by molar-refractivity contribution is -0.117. The van der Waals surface area contributed by atoms with E-state index in [-0.39, 0.29) is 11.9 Å². The fraction of sp³-hybridized carbons (Fsp3) is 0.500. The fourth-order valence-corrected chi connectivity index (χ4v) is 2.03. The smallest absolute Gasteiger partial charge is 0.242 e. The fourth-order valence-electron chi connectivity index (χ4n) is 2.03. The van der Waals surface area contributed by atoms with Crippen molar-refractivity contribution in [3.63, 3.8) is 0 Å². The van der Waals surface area contributed by atoms with Gasteiger partial charge in [-0.15, -0.1) is 0 Å². The Labute approximate surface area is 95.5 Å². The van der Waals surface area contributed by atoms with Crippen molar-refractivity contribution in [2.45, 2.75) is 32.7 Å². The summed E-state index contributed by atoms with van der Waals surface area (Å²) in [4.78, 5) is 16.1. The van der Waals surface area contributed by atoms with Crippen LogP contribution in [0.25, 0.3) is 0 Å². The first kappa shape index (κ1) is 11.1. The minimum absolute atomic E-state index is 0.0231. The van der Waals surface area contributed by atoms with Crippen LogP contribution >= 0.6 is 0 Å². The van der Waals surface area contributed by atoms with E-state index in [1.54, 1.807) is 0 Å². The van der Waals surface area contributed by atoms with Crippen LogP contribution in [0.5, 0.6) is 0 Å². The van der Waals surface area contributed by atoms with Crippen molar-refractivity contribution in [3.05, 3.63) is 23.4 Å². The molecule has 4 nitrogen and oxygen atoms in total. The molecule has 1 saturated heterocycles. The van der Waals surface area contributed by atoms with Crippen LogP contribution < -0.4 is 10.6 Å². The first-order valence-electron chi connectivity index (χ1n) is 5.65. The Morgan fingerprint density at radius 1 is 1.50 bits per heavy atom. The summed E-state index contributed by atoms with van der Waals surface area (Å²) < 4.78 is 0. The average molecular weight is 219 g/mol. The zero-order valence-electron chi connectivity index (χ0n) is 9.71. The molecule has 0 radical (unpaired) electrons. The van der Waals surface area contributed by atoms with E-state index in [4.69, 9.17) is 0 Å². The number of carbonyl (C=O) groups excluding carboxylic acids is 1. The second-order valence-electron chi connectivity index (χ2n) is 4.31. The highest BCUT2D eigenvalue weighted by Crippen LogP contribution is 2.11. The number of nitrogens with one attached hydrogen (secondary N) is 2. The second kappa shape index (κ2) is 4.61. The standard InChI is InChI=1S/C12H17N3O/c1-8-6-9(2)14-11(7-8)15-12(16)10-4-3-5-13-10/h6-7,10,13H,3-5H2,1-2H3,(H,14,15,16)/t10-/m1/s1. The lowest BCUT2D eigenvalue weighted by Crippen LogP contribution is -2.35. The number of carbonyl (C=O) groups is 1. The molecule has 86 valence electrons. The predicted molar refractivity (Wildman–Crippen MR) is 63.4 cm³/mol. The van der Waals surface area contributed by atoms with Gasteiger partial charge in [-0.1, -0.05) is 0 Å². The summed E-state index contributed by atoms with van der Waals surface area (Å²) in [5, 5.41) is 6.02. The minimum Gasteiger partial charge on any atom is -0.309 e. The van der Waals surface area contributed by atoms with Crippen LogP contribution in [0.3, 0.4) is 0 Å². The molecule has 1 aliphatic heterocycles. The highest BCUT2D eigenvalue weighted by Gasteiger charge is 2.22. The molecule has 0 spiro atoms. The summed E-state index contributed by atoms with van der Waals surface area (Å²) in [6.45, 7) is 4.85. The van der Waals surface area contributed by atoms with Gasteiger partial charge in [-0.25, -0.2) is 4.98 Å². The largest absolute Gasteiger partial charge is 0.309 e. The van der Waals surface area contributed by atoms with Gasteiger partial charge >= 0.3 is 0 Å². The first-order valence-corrected chi connectivity index (χ1v) is 5.65. The summed E-state index contributed by atoms with van der Waals surface area (Å²) in [6, 6.07) is 3.83. The molecule has 1 fully saturated rings. The molecule has 1 aliphatic rings. The molecule has 0 aromatic carbocycles. The average Bonchev–Trinajstić information content (AvgIpc) is 2.68. The van der Waals surface area contributed by atoms with Gasteiger partial charge in [0.15, 0.2) is 0 Å². The molecule has 1 amide bonds. The number of rotatable bonds is 2. The van der Waals surface area contributed by atoms with E-state index in [2.05, 4.69) is 15.6 Å². The first-order chi connectivity index (χ1) is 7.65. The van der Waals surface area contributed by atoms with Gasteiger partial charge < -0.3 is 10.6 Å². The van der Waals surface area contributed by atoms with Gasteiger partial charge in [-0.2, -0.15) is 0 Å². The molecule has 4 heteroatoms. The molecule has 0 saturated carbocycles. The molecule has 2 N–H and O–H groups in total. The Bertz CT molecular complexity index is 377. The molecule has 16 heavy (non-hydrogen) atoms. The number of aromatic nitrogens is 1. The molecule has 1 aromatic rings. The van der Waals surface area contributed by atoms with Gasteiger partial charge in [0.1, 0.15) is 5.82 Å². The van der Waals surface area contributed by atoms with Crippen LogP contribution in [0.1, 0.15) is 24.1 Å². The number of hydrogen-bond donors (Lipinski definition) is 2. The van der Waals surface area contributed by atoms with E-state index in [9.17, 15) is 4.79 Å².